The molecule has 1 heterocycles. The van der Waals surface area contributed by atoms with Crippen molar-refractivity contribution in [2.45, 2.75) is 31.5 Å². The summed E-state index contributed by atoms with van der Waals surface area (Å²) < 4.78 is 11.0. The third kappa shape index (κ3) is 1.69. The molecule has 0 aromatic rings. The lowest BCUT2D eigenvalue weighted by molar-refractivity contribution is -0.193. The van der Waals surface area contributed by atoms with Crippen LogP contribution in [0.5, 0.6) is 0 Å². The van der Waals surface area contributed by atoms with Gasteiger partial charge in [0.25, 0.3) is 0 Å². The van der Waals surface area contributed by atoms with Crippen LogP contribution in [-0.2, 0) is 14.3 Å². The van der Waals surface area contributed by atoms with Gasteiger partial charge >= 0.3 is 5.97 Å². The summed E-state index contributed by atoms with van der Waals surface area (Å²) in [5.41, 5.74) is 0. The van der Waals surface area contributed by atoms with Crippen molar-refractivity contribution in [3.05, 3.63) is 0 Å². The third-order valence-electron chi connectivity index (χ3n) is 2.83. The van der Waals surface area contributed by atoms with Crippen LogP contribution in [0.3, 0.4) is 0 Å². The van der Waals surface area contributed by atoms with E-state index in [1.54, 1.807) is 0 Å². The number of rotatable bonds is 1. The normalized spacial score (nSPS) is 32.2. The van der Waals surface area contributed by atoms with E-state index < -0.39 is 11.8 Å². The molecule has 4 heteroatoms. The van der Waals surface area contributed by atoms with Crippen molar-refractivity contribution in [3.8, 4) is 0 Å². The molecule has 13 heavy (non-hydrogen) atoms. The van der Waals surface area contributed by atoms with Crippen molar-refractivity contribution in [1.29, 1.82) is 0 Å². The van der Waals surface area contributed by atoms with Crippen LogP contribution in [0.1, 0.15) is 25.7 Å². The van der Waals surface area contributed by atoms with Crippen molar-refractivity contribution in [3.63, 3.8) is 0 Å². The van der Waals surface area contributed by atoms with Crippen LogP contribution in [0.15, 0.2) is 0 Å². The molecule has 1 saturated heterocycles. The monoisotopic (exact) mass is 186 g/mol. The van der Waals surface area contributed by atoms with Crippen LogP contribution in [-0.4, -0.2) is 30.1 Å². The maximum Gasteiger partial charge on any atom is 0.306 e. The molecule has 1 N–H and O–H groups in total. The summed E-state index contributed by atoms with van der Waals surface area (Å²) in [7, 11) is 0. The molecule has 1 atom stereocenters. The summed E-state index contributed by atoms with van der Waals surface area (Å²) >= 11 is 0. The third-order valence-corrected chi connectivity index (χ3v) is 2.83. The first-order chi connectivity index (χ1) is 6.22. The molecular formula is C9H14O4. The molecule has 2 aliphatic rings. The molecule has 1 saturated carbocycles. The minimum Gasteiger partial charge on any atom is -0.481 e. The van der Waals surface area contributed by atoms with E-state index in [9.17, 15) is 4.79 Å². The molecule has 0 radical (unpaired) electrons. The van der Waals surface area contributed by atoms with Crippen molar-refractivity contribution in [1.82, 2.24) is 0 Å². The van der Waals surface area contributed by atoms with Gasteiger partial charge < -0.3 is 14.6 Å². The van der Waals surface area contributed by atoms with Gasteiger partial charge in [-0.15, -0.1) is 0 Å². The van der Waals surface area contributed by atoms with Crippen LogP contribution < -0.4 is 0 Å². The van der Waals surface area contributed by atoms with Crippen LogP contribution in [0.25, 0.3) is 0 Å². The van der Waals surface area contributed by atoms with E-state index in [0.29, 0.717) is 19.6 Å². The number of aliphatic carboxylic acids is 1. The fraction of sp³-hybridized carbons (Fsp3) is 0.889. The molecule has 2 rings (SSSR count). The lowest BCUT2D eigenvalue weighted by Crippen LogP contribution is -2.38. The summed E-state index contributed by atoms with van der Waals surface area (Å²) in [4.78, 5) is 10.8. The standard InChI is InChI=1S/C9H14O4/c10-8(11)7-2-1-3-9(6-7)12-4-5-13-9/h7H,1-6H2,(H,10,11). The van der Waals surface area contributed by atoms with Gasteiger partial charge in [0.05, 0.1) is 19.1 Å². The fourth-order valence-corrected chi connectivity index (χ4v) is 2.17. The summed E-state index contributed by atoms with van der Waals surface area (Å²) in [6.45, 7) is 1.21. The van der Waals surface area contributed by atoms with E-state index in [0.717, 1.165) is 19.3 Å². The number of carboxylic acids is 1. The van der Waals surface area contributed by atoms with Crippen LogP contribution in [0.4, 0.5) is 0 Å². The second-order valence-corrected chi connectivity index (χ2v) is 3.74. The number of carbonyl (C=O) groups is 1. The van der Waals surface area contributed by atoms with Crippen LogP contribution in [0, 0.1) is 5.92 Å². The summed E-state index contributed by atoms with van der Waals surface area (Å²) in [6, 6.07) is 0. The van der Waals surface area contributed by atoms with Crippen LogP contribution >= 0.6 is 0 Å². The van der Waals surface area contributed by atoms with Crippen molar-refractivity contribution < 1.29 is 19.4 Å². The van der Waals surface area contributed by atoms with E-state index in [1.807, 2.05) is 0 Å². The molecule has 1 aliphatic carbocycles. The average molecular weight is 186 g/mol. The molecule has 0 aromatic heterocycles. The molecule has 2 fully saturated rings. The smallest absolute Gasteiger partial charge is 0.306 e. The Hall–Kier alpha value is -0.610. The maximum atomic E-state index is 10.8. The quantitative estimate of drug-likeness (QED) is 0.663. The second-order valence-electron chi connectivity index (χ2n) is 3.74. The Morgan fingerprint density at radius 2 is 2.08 bits per heavy atom. The van der Waals surface area contributed by atoms with Crippen molar-refractivity contribution >= 4 is 5.97 Å². The first kappa shape index (κ1) is 8.97. The predicted molar refractivity (Wildman–Crippen MR) is 44.2 cm³/mol. The minimum absolute atomic E-state index is 0.285. The first-order valence-electron chi connectivity index (χ1n) is 4.73. The highest BCUT2D eigenvalue weighted by Crippen LogP contribution is 2.38. The lowest BCUT2D eigenvalue weighted by Gasteiger charge is -2.34. The van der Waals surface area contributed by atoms with Gasteiger partial charge in [0.1, 0.15) is 0 Å². The topological polar surface area (TPSA) is 55.8 Å². The Balaban J connectivity index is 2.02. The molecule has 0 aromatic carbocycles. The Morgan fingerprint density at radius 3 is 2.69 bits per heavy atom. The molecule has 1 unspecified atom stereocenters. The van der Waals surface area contributed by atoms with Crippen molar-refractivity contribution in [2.24, 2.45) is 5.92 Å². The number of hydrogen-bond acceptors (Lipinski definition) is 3. The summed E-state index contributed by atoms with van der Waals surface area (Å²) in [5, 5.41) is 8.87. The number of ether oxygens (including phenoxy) is 2. The first-order valence-corrected chi connectivity index (χ1v) is 4.73. The molecule has 1 aliphatic heterocycles. The predicted octanol–water partition coefficient (Wildman–Crippen LogP) is 1.00. The van der Waals surface area contributed by atoms with E-state index in [4.69, 9.17) is 14.6 Å². The largest absolute Gasteiger partial charge is 0.481 e. The summed E-state index contributed by atoms with van der Waals surface area (Å²) in [6.07, 6.45) is 3.00. The van der Waals surface area contributed by atoms with Crippen LogP contribution in [0.2, 0.25) is 0 Å². The minimum atomic E-state index is -0.724. The molecule has 4 nitrogen and oxygen atoms in total. The van der Waals surface area contributed by atoms with Gasteiger partial charge in [0.15, 0.2) is 5.79 Å². The molecule has 0 bridgehead atoms. The Labute approximate surface area is 76.8 Å². The Bertz CT molecular complexity index is 208. The highest BCUT2D eigenvalue weighted by atomic mass is 16.7. The van der Waals surface area contributed by atoms with E-state index in [-0.39, 0.29) is 5.92 Å². The van der Waals surface area contributed by atoms with Gasteiger partial charge in [-0.2, -0.15) is 0 Å². The number of carboxylic acid groups (broad SMARTS) is 1. The lowest BCUT2D eigenvalue weighted by atomic mass is 9.85. The Kier molecular flexibility index (Phi) is 2.26. The average Bonchev–Trinajstić information content (AvgIpc) is 2.53. The zero-order chi connectivity index (χ0) is 9.31. The van der Waals surface area contributed by atoms with E-state index in [2.05, 4.69) is 0 Å². The van der Waals surface area contributed by atoms with Gasteiger partial charge in [0.2, 0.25) is 0 Å². The summed E-state index contributed by atoms with van der Waals surface area (Å²) in [5.74, 6) is -1.56. The molecule has 1 spiro atoms. The van der Waals surface area contributed by atoms with Gasteiger partial charge in [-0.1, -0.05) is 0 Å². The fourth-order valence-electron chi connectivity index (χ4n) is 2.17. The zero-order valence-electron chi connectivity index (χ0n) is 7.49. The van der Waals surface area contributed by atoms with E-state index >= 15 is 0 Å². The highest BCUT2D eigenvalue weighted by molar-refractivity contribution is 5.70. The zero-order valence-corrected chi connectivity index (χ0v) is 7.49. The van der Waals surface area contributed by atoms with Crippen molar-refractivity contribution in [2.75, 3.05) is 13.2 Å². The molecule has 0 amide bonds. The van der Waals surface area contributed by atoms with Gasteiger partial charge in [0, 0.05) is 12.8 Å². The number of hydrogen-bond donors (Lipinski definition) is 1. The maximum absolute atomic E-state index is 10.8. The Morgan fingerprint density at radius 1 is 1.38 bits per heavy atom. The molecule has 74 valence electrons. The van der Waals surface area contributed by atoms with E-state index in [1.165, 1.54) is 0 Å². The second kappa shape index (κ2) is 3.27. The molecular weight excluding hydrogens is 172 g/mol. The van der Waals surface area contributed by atoms with Gasteiger partial charge in [-0.25, -0.2) is 0 Å². The SMILES string of the molecule is O=C(O)C1CCCC2(C1)OCCO2. The van der Waals surface area contributed by atoms with Gasteiger partial charge in [-0.3, -0.25) is 4.79 Å². The van der Waals surface area contributed by atoms with Gasteiger partial charge in [-0.05, 0) is 12.8 Å². The highest BCUT2D eigenvalue weighted by Gasteiger charge is 2.43.